The van der Waals surface area contributed by atoms with E-state index in [0.29, 0.717) is 23.6 Å². The maximum Gasteiger partial charge on any atom is 0.399 e. The molecule has 2 bridgehead atoms. The zero-order chi connectivity index (χ0) is 25.6. The highest BCUT2D eigenvalue weighted by Crippen LogP contribution is 2.44. The van der Waals surface area contributed by atoms with Crippen molar-refractivity contribution in [1.29, 1.82) is 0 Å². The second-order valence-electron chi connectivity index (χ2n) is 9.56. The monoisotopic (exact) mass is 511 g/mol. The van der Waals surface area contributed by atoms with E-state index in [2.05, 4.69) is 20.3 Å². The van der Waals surface area contributed by atoms with Crippen LogP contribution < -0.4 is 0 Å². The summed E-state index contributed by atoms with van der Waals surface area (Å²) in [5, 5.41) is 9.90. The number of carbonyl (C=O) groups is 2. The normalized spacial score (nSPS) is 25.9. The summed E-state index contributed by atoms with van der Waals surface area (Å²) in [6.07, 6.45) is 9.32. The van der Waals surface area contributed by atoms with Crippen LogP contribution in [-0.4, -0.2) is 69.8 Å². The van der Waals surface area contributed by atoms with E-state index in [1.54, 1.807) is 0 Å². The Morgan fingerprint density at radius 3 is 2.06 bits per heavy atom. The predicted octanol–water partition coefficient (Wildman–Crippen LogP) is 3.59. The number of benzene rings is 1. The Kier molecular flexibility index (Phi) is 9.69. The number of carboxylic acid groups (broad SMARTS) is 1. The molecule has 1 N–H and O–H groups in total. The van der Waals surface area contributed by atoms with Gasteiger partial charge in [0.25, 0.3) is 0 Å². The minimum atomic E-state index is -3.66. The average molecular weight is 512 g/mol. The number of ether oxygens (including phenoxy) is 1. The lowest BCUT2D eigenvalue weighted by Gasteiger charge is -2.37. The third-order valence-corrected chi connectivity index (χ3v) is 8.39. The average Bonchev–Trinajstić information content (AvgIpc) is 3.05. The van der Waals surface area contributed by atoms with Gasteiger partial charge >= 0.3 is 22.3 Å². The third-order valence-electron chi connectivity index (χ3n) is 7.57. The maximum absolute atomic E-state index is 12.9. The molecule has 2 heterocycles. The van der Waals surface area contributed by atoms with Crippen LogP contribution in [0.5, 0.6) is 0 Å². The van der Waals surface area contributed by atoms with Crippen LogP contribution in [0.3, 0.4) is 0 Å². The van der Waals surface area contributed by atoms with Gasteiger partial charge in [-0.1, -0.05) is 30.7 Å². The molecule has 3 fully saturated rings. The van der Waals surface area contributed by atoms with Crippen LogP contribution >= 0.6 is 0 Å². The van der Waals surface area contributed by atoms with Gasteiger partial charge in [-0.2, -0.15) is 8.42 Å². The smallest absolute Gasteiger partial charge is 0.399 e. The van der Waals surface area contributed by atoms with Crippen LogP contribution in [0.15, 0.2) is 24.3 Å². The molecule has 1 aromatic carbocycles. The van der Waals surface area contributed by atoms with E-state index in [-0.39, 0.29) is 6.10 Å². The minimum Gasteiger partial charge on any atom is -0.480 e. The number of aliphatic carboxylic acids is 1. The van der Waals surface area contributed by atoms with Gasteiger partial charge in [-0.15, -0.1) is 0 Å². The van der Waals surface area contributed by atoms with Crippen molar-refractivity contribution in [2.24, 2.45) is 0 Å². The van der Waals surface area contributed by atoms with Crippen LogP contribution in [0.4, 0.5) is 0 Å². The molecule has 9 nitrogen and oxygen atoms in total. The predicted molar refractivity (Wildman–Crippen MR) is 129 cm³/mol. The van der Waals surface area contributed by atoms with Crippen LogP contribution in [0.1, 0.15) is 80.8 Å². The van der Waals surface area contributed by atoms with Crippen LogP contribution in [0, 0.1) is 0 Å². The Morgan fingerprint density at radius 2 is 1.54 bits per heavy atom. The first-order valence-corrected chi connectivity index (χ1v) is 13.6. The van der Waals surface area contributed by atoms with Crippen LogP contribution in [0.25, 0.3) is 0 Å². The van der Waals surface area contributed by atoms with Crippen molar-refractivity contribution in [2.45, 2.75) is 87.8 Å². The molecule has 0 aromatic heterocycles. The van der Waals surface area contributed by atoms with Crippen molar-refractivity contribution in [3.05, 3.63) is 35.4 Å². The molecule has 35 heavy (non-hydrogen) atoms. The molecule has 3 unspecified atom stereocenters. The molecular weight excluding hydrogens is 474 g/mol. The standard InChI is InChI=1S/C23H31NO4.C2H6O4S/c1-24-16-11-12-17(24)14-15(13-16)19-9-5-6-10-20(19)21(22(25)26)23(27)28-18-7-3-2-4-8-18;1-5-7(3,4)6-2/h5-6,9-10,15-18,21H,2-4,7-8,11-14H2,1H3,(H,25,26);1-2H3. The lowest BCUT2D eigenvalue weighted by Crippen LogP contribution is -2.39. The first-order valence-electron chi connectivity index (χ1n) is 12.3. The zero-order valence-corrected chi connectivity index (χ0v) is 21.5. The molecule has 0 spiro atoms. The molecule has 3 aliphatic rings. The van der Waals surface area contributed by atoms with Gasteiger partial charge in [0.05, 0.1) is 14.2 Å². The van der Waals surface area contributed by atoms with E-state index < -0.39 is 28.3 Å². The first-order chi connectivity index (χ1) is 16.7. The van der Waals surface area contributed by atoms with E-state index in [0.717, 1.165) is 64.7 Å². The summed E-state index contributed by atoms with van der Waals surface area (Å²) >= 11 is 0. The van der Waals surface area contributed by atoms with E-state index in [1.165, 1.54) is 12.8 Å². The zero-order valence-electron chi connectivity index (χ0n) is 20.7. The first kappa shape index (κ1) is 27.6. The van der Waals surface area contributed by atoms with E-state index in [4.69, 9.17) is 4.74 Å². The van der Waals surface area contributed by atoms with Crippen molar-refractivity contribution < 1.29 is 36.2 Å². The van der Waals surface area contributed by atoms with Gasteiger partial charge < -0.3 is 14.7 Å². The Bertz CT molecular complexity index is 951. The number of hydrogen-bond acceptors (Lipinski definition) is 8. The molecule has 10 heteroatoms. The number of esters is 1. The van der Waals surface area contributed by atoms with Crippen LogP contribution in [0.2, 0.25) is 0 Å². The van der Waals surface area contributed by atoms with Crippen LogP contribution in [-0.2, 0) is 33.1 Å². The fourth-order valence-corrected chi connectivity index (χ4v) is 5.79. The third kappa shape index (κ3) is 7.03. The number of hydrogen-bond donors (Lipinski definition) is 1. The van der Waals surface area contributed by atoms with E-state index in [1.807, 2.05) is 24.3 Å². The molecule has 1 aliphatic carbocycles. The number of nitrogens with zero attached hydrogens (tertiary/aromatic N) is 1. The molecule has 2 aliphatic heterocycles. The Balaban J connectivity index is 0.000000429. The summed E-state index contributed by atoms with van der Waals surface area (Å²) in [7, 11) is 0.596. The lowest BCUT2D eigenvalue weighted by molar-refractivity contribution is -0.159. The van der Waals surface area contributed by atoms with Crippen molar-refractivity contribution in [3.8, 4) is 0 Å². The van der Waals surface area contributed by atoms with Gasteiger partial charge in [0.15, 0.2) is 5.92 Å². The molecule has 1 aromatic rings. The van der Waals surface area contributed by atoms with Gasteiger partial charge in [0.1, 0.15) is 6.10 Å². The topological polar surface area (TPSA) is 119 Å². The molecule has 0 amide bonds. The Morgan fingerprint density at radius 1 is 0.971 bits per heavy atom. The maximum atomic E-state index is 12.9. The molecule has 1 saturated carbocycles. The van der Waals surface area contributed by atoms with Crippen molar-refractivity contribution in [2.75, 3.05) is 21.3 Å². The minimum absolute atomic E-state index is 0.130. The molecule has 3 atom stereocenters. The summed E-state index contributed by atoms with van der Waals surface area (Å²) in [6.45, 7) is 0. The van der Waals surface area contributed by atoms with E-state index >= 15 is 0 Å². The molecule has 4 rings (SSSR count). The number of rotatable bonds is 7. The van der Waals surface area contributed by atoms with Crippen molar-refractivity contribution >= 4 is 22.3 Å². The number of fused-ring (bicyclic) bond motifs is 2. The fourth-order valence-electron chi connectivity index (χ4n) is 5.66. The van der Waals surface area contributed by atoms with Gasteiger partial charge in [0, 0.05) is 12.1 Å². The van der Waals surface area contributed by atoms with E-state index in [9.17, 15) is 23.1 Å². The summed E-state index contributed by atoms with van der Waals surface area (Å²) in [5.41, 5.74) is 1.66. The molecule has 0 radical (unpaired) electrons. The highest BCUT2D eigenvalue weighted by Gasteiger charge is 2.41. The SMILES string of the molecule is CN1C2CCC1CC(c1ccccc1C(C(=O)O)C(=O)OC1CCCCC1)C2.COS(=O)(=O)OC. The van der Waals surface area contributed by atoms with Gasteiger partial charge in [0.2, 0.25) is 0 Å². The Labute approximate surface area is 208 Å². The quantitative estimate of drug-likeness (QED) is 0.432. The highest BCUT2D eigenvalue weighted by atomic mass is 32.3. The summed E-state index contributed by atoms with van der Waals surface area (Å²) < 4.78 is 33.2. The number of carboxylic acids is 1. The Hall–Kier alpha value is -2.01. The fraction of sp³-hybridized carbons (Fsp3) is 0.680. The summed E-state index contributed by atoms with van der Waals surface area (Å²) in [6, 6.07) is 8.77. The largest absolute Gasteiger partial charge is 0.480 e. The number of carbonyl (C=O) groups excluding carboxylic acids is 1. The van der Waals surface area contributed by atoms with Crippen molar-refractivity contribution in [1.82, 2.24) is 4.90 Å². The summed E-state index contributed by atoms with van der Waals surface area (Å²) in [5.74, 6) is -2.61. The molecule has 2 saturated heterocycles. The van der Waals surface area contributed by atoms with Gasteiger partial charge in [-0.05, 0) is 75.5 Å². The van der Waals surface area contributed by atoms with Crippen molar-refractivity contribution in [3.63, 3.8) is 0 Å². The van der Waals surface area contributed by atoms with Gasteiger partial charge in [-0.3, -0.25) is 18.0 Å². The molecular formula is C25H37NO8S. The second-order valence-corrected chi connectivity index (χ2v) is 11.0. The van der Waals surface area contributed by atoms with Gasteiger partial charge in [-0.25, -0.2) is 0 Å². The lowest BCUT2D eigenvalue weighted by atomic mass is 9.80. The summed E-state index contributed by atoms with van der Waals surface area (Å²) in [4.78, 5) is 27.4. The highest BCUT2D eigenvalue weighted by molar-refractivity contribution is 7.81. The molecule has 196 valence electrons. The number of piperidine rings is 1. The second kappa shape index (κ2) is 12.3.